The minimum absolute atomic E-state index is 0.455. The fourth-order valence-corrected chi connectivity index (χ4v) is 2.45. The molecule has 0 bridgehead atoms. The predicted molar refractivity (Wildman–Crippen MR) is 85.2 cm³/mol. The van der Waals surface area contributed by atoms with Crippen molar-refractivity contribution in [1.29, 1.82) is 0 Å². The lowest BCUT2D eigenvalue weighted by Crippen LogP contribution is -1.93. The van der Waals surface area contributed by atoms with Gasteiger partial charge in [0.05, 0.1) is 0 Å². The molecule has 0 atom stereocenters. The molecular weight excluding hydrogens is 244 g/mol. The molecule has 20 heavy (non-hydrogen) atoms. The van der Waals surface area contributed by atoms with Crippen molar-refractivity contribution in [2.45, 2.75) is 39.5 Å². The molecule has 0 saturated carbocycles. The summed E-state index contributed by atoms with van der Waals surface area (Å²) in [6, 6.07) is 8.82. The quantitative estimate of drug-likeness (QED) is 0.607. The van der Waals surface area contributed by atoms with Gasteiger partial charge in [0.2, 0.25) is 0 Å². The zero-order chi connectivity index (χ0) is 14.3. The molecule has 3 rings (SSSR count). The third-order valence-electron chi connectivity index (χ3n) is 3.78. The Morgan fingerprint density at radius 3 is 1.35 bits per heavy atom. The summed E-state index contributed by atoms with van der Waals surface area (Å²) >= 11 is 0. The van der Waals surface area contributed by atoms with Gasteiger partial charge in [0.1, 0.15) is 0 Å². The van der Waals surface area contributed by atoms with E-state index in [-0.39, 0.29) is 0 Å². The number of fused-ring (bicyclic) bond motifs is 2. The number of hydrogen-bond donors (Lipinski definition) is 0. The minimum Gasteiger partial charge on any atom is -0.260 e. The second-order valence-corrected chi connectivity index (χ2v) is 6.07. The van der Waals surface area contributed by atoms with E-state index in [9.17, 15) is 0 Å². The Morgan fingerprint density at radius 2 is 1.00 bits per heavy atom. The van der Waals surface area contributed by atoms with Crippen LogP contribution >= 0.6 is 0 Å². The van der Waals surface area contributed by atoms with Crippen molar-refractivity contribution in [3.63, 3.8) is 0 Å². The van der Waals surface area contributed by atoms with E-state index in [4.69, 9.17) is 0 Å². The van der Waals surface area contributed by atoms with Gasteiger partial charge in [-0.15, -0.1) is 0 Å². The molecule has 2 heteroatoms. The van der Waals surface area contributed by atoms with E-state index in [1.807, 2.05) is 12.4 Å². The van der Waals surface area contributed by atoms with Gasteiger partial charge in [0.15, 0.2) is 0 Å². The van der Waals surface area contributed by atoms with E-state index in [0.717, 1.165) is 11.4 Å². The van der Waals surface area contributed by atoms with E-state index < -0.39 is 0 Å². The van der Waals surface area contributed by atoms with Crippen LogP contribution in [0.1, 0.15) is 50.9 Å². The highest BCUT2D eigenvalue weighted by Gasteiger charge is 2.06. The highest BCUT2D eigenvalue weighted by molar-refractivity contribution is 5.97. The molecule has 102 valence electrons. The van der Waals surface area contributed by atoms with Gasteiger partial charge < -0.3 is 0 Å². The normalized spacial score (nSPS) is 11.9. The standard InChI is InChI=1S/C18H20N2/c1-11(2)17-7-13-5-16-10-20-18(12(3)4)8-14(16)6-15(13)9-19-17/h5-12H,1-4H3. The summed E-state index contributed by atoms with van der Waals surface area (Å²) in [5.41, 5.74) is 2.28. The summed E-state index contributed by atoms with van der Waals surface area (Å²) in [5.74, 6) is 0.910. The molecule has 0 aliphatic heterocycles. The van der Waals surface area contributed by atoms with Crippen LogP contribution in [0.15, 0.2) is 36.7 Å². The molecule has 2 aromatic heterocycles. The van der Waals surface area contributed by atoms with E-state index in [1.54, 1.807) is 0 Å². The average molecular weight is 264 g/mol. The van der Waals surface area contributed by atoms with Crippen LogP contribution in [0, 0.1) is 0 Å². The average Bonchev–Trinajstić information content (AvgIpc) is 2.43. The van der Waals surface area contributed by atoms with Crippen LogP contribution < -0.4 is 0 Å². The highest BCUT2D eigenvalue weighted by atomic mass is 14.7. The van der Waals surface area contributed by atoms with Gasteiger partial charge in [-0.05, 0) is 46.9 Å². The molecule has 0 saturated heterocycles. The summed E-state index contributed by atoms with van der Waals surface area (Å²) in [7, 11) is 0. The van der Waals surface area contributed by atoms with Crippen molar-refractivity contribution in [3.05, 3.63) is 48.0 Å². The van der Waals surface area contributed by atoms with E-state index in [1.165, 1.54) is 21.5 Å². The van der Waals surface area contributed by atoms with E-state index >= 15 is 0 Å². The first-order chi connectivity index (χ1) is 9.54. The summed E-state index contributed by atoms with van der Waals surface area (Å²) in [5, 5.41) is 4.89. The third kappa shape index (κ3) is 2.26. The predicted octanol–water partition coefficient (Wildman–Crippen LogP) is 5.03. The summed E-state index contributed by atoms with van der Waals surface area (Å²) < 4.78 is 0. The van der Waals surface area contributed by atoms with Crippen molar-refractivity contribution in [1.82, 2.24) is 9.97 Å². The van der Waals surface area contributed by atoms with Gasteiger partial charge in [-0.2, -0.15) is 0 Å². The van der Waals surface area contributed by atoms with Crippen LogP contribution in [0.2, 0.25) is 0 Å². The first-order valence-corrected chi connectivity index (χ1v) is 7.24. The lowest BCUT2D eigenvalue weighted by molar-refractivity contribution is 0.825. The molecule has 0 unspecified atom stereocenters. The van der Waals surface area contributed by atoms with Gasteiger partial charge in [0, 0.05) is 34.6 Å². The lowest BCUT2D eigenvalue weighted by atomic mass is 10.0. The van der Waals surface area contributed by atoms with E-state index in [0.29, 0.717) is 11.8 Å². The van der Waals surface area contributed by atoms with Crippen molar-refractivity contribution < 1.29 is 0 Å². The molecule has 0 aliphatic carbocycles. The fourth-order valence-electron chi connectivity index (χ4n) is 2.45. The molecule has 0 amide bonds. The molecule has 2 heterocycles. The summed E-state index contributed by atoms with van der Waals surface area (Å²) in [6.45, 7) is 8.69. The lowest BCUT2D eigenvalue weighted by Gasteiger charge is -2.09. The van der Waals surface area contributed by atoms with Gasteiger partial charge in [-0.25, -0.2) is 0 Å². The minimum atomic E-state index is 0.455. The largest absolute Gasteiger partial charge is 0.260 e. The van der Waals surface area contributed by atoms with Crippen molar-refractivity contribution in [2.75, 3.05) is 0 Å². The van der Waals surface area contributed by atoms with Crippen LogP contribution in [-0.2, 0) is 0 Å². The number of nitrogens with zero attached hydrogens (tertiary/aromatic N) is 2. The molecule has 0 fully saturated rings. The van der Waals surface area contributed by atoms with Crippen LogP contribution in [-0.4, -0.2) is 9.97 Å². The Balaban J connectivity index is 2.22. The van der Waals surface area contributed by atoms with Crippen LogP contribution in [0.25, 0.3) is 21.5 Å². The molecular formula is C18H20N2. The Hall–Kier alpha value is -1.96. The SMILES string of the molecule is CC(C)c1cc2cc3cnc(C(C)C)cc3cc2cn1. The monoisotopic (exact) mass is 264 g/mol. The van der Waals surface area contributed by atoms with Gasteiger partial charge in [-0.3, -0.25) is 9.97 Å². The smallest absolute Gasteiger partial charge is 0.0435 e. The van der Waals surface area contributed by atoms with Crippen LogP contribution in [0.4, 0.5) is 0 Å². The zero-order valence-electron chi connectivity index (χ0n) is 12.5. The number of rotatable bonds is 2. The second-order valence-electron chi connectivity index (χ2n) is 6.07. The molecule has 2 nitrogen and oxygen atoms in total. The van der Waals surface area contributed by atoms with Gasteiger partial charge in [0.25, 0.3) is 0 Å². The zero-order valence-corrected chi connectivity index (χ0v) is 12.5. The number of benzene rings is 1. The first-order valence-electron chi connectivity index (χ1n) is 7.24. The van der Waals surface area contributed by atoms with Crippen LogP contribution in [0.3, 0.4) is 0 Å². The Kier molecular flexibility index (Phi) is 3.17. The van der Waals surface area contributed by atoms with E-state index in [2.05, 4.69) is 61.9 Å². The van der Waals surface area contributed by atoms with Crippen molar-refractivity contribution in [3.8, 4) is 0 Å². The molecule has 0 aliphatic rings. The molecule has 1 aromatic carbocycles. The fraction of sp³-hybridized carbons (Fsp3) is 0.333. The second kappa shape index (κ2) is 4.86. The van der Waals surface area contributed by atoms with Gasteiger partial charge >= 0.3 is 0 Å². The van der Waals surface area contributed by atoms with Crippen molar-refractivity contribution in [2.24, 2.45) is 0 Å². The van der Waals surface area contributed by atoms with Crippen molar-refractivity contribution >= 4 is 21.5 Å². The maximum atomic E-state index is 4.56. The Labute approximate surface area is 119 Å². The Morgan fingerprint density at radius 1 is 0.600 bits per heavy atom. The number of hydrogen-bond acceptors (Lipinski definition) is 2. The van der Waals surface area contributed by atoms with Gasteiger partial charge in [-0.1, -0.05) is 27.7 Å². The summed E-state index contributed by atoms with van der Waals surface area (Å²) in [4.78, 5) is 9.11. The topological polar surface area (TPSA) is 25.8 Å². The molecule has 0 spiro atoms. The molecule has 0 radical (unpaired) electrons. The number of aromatic nitrogens is 2. The number of pyridine rings is 2. The molecule has 3 aromatic rings. The summed E-state index contributed by atoms with van der Waals surface area (Å²) in [6.07, 6.45) is 3.97. The third-order valence-corrected chi connectivity index (χ3v) is 3.78. The Bertz CT molecular complexity index is 705. The van der Waals surface area contributed by atoms with Crippen LogP contribution in [0.5, 0.6) is 0 Å². The first kappa shape index (κ1) is 13.0. The molecule has 0 N–H and O–H groups in total. The highest BCUT2D eigenvalue weighted by Crippen LogP contribution is 2.26. The maximum absolute atomic E-state index is 4.56. The maximum Gasteiger partial charge on any atom is 0.0435 e.